The molecule has 0 atom stereocenters. The highest BCUT2D eigenvalue weighted by Gasteiger charge is 2.25. The molecule has 5 rings (SSSR count). The fourth-order valence-electron chi connectivity index (χ4n) is 4.17. The van der Waals surface area contributed by atoms with Crippen molar-refractivity contribution in [3.63, 3.8) is 0 Å². The topological polar surface area (TPSA) is 79.9 Å². The van der Waals surface area contributed by atoms with Gasteiger partial charge < -0.3 is 14.0 Å². The van der Waals surface area contributed by atoms with Crippen molar-refractivity contribution in [1.29, 1.82) is 0 Å². The van der Waals surface area contributed by atoms with Crippen LogP contribution in [0.1, 0.15) is 42.1 Å². The second kappa shape index (κ2) is 8.39. The Bertz CT molecular complexity index is 1190. The molecule has 9 heteroatoms. The van der Waals surface area contributed by atoms with Gasteiger partial charge in [-0.25, -0.2) is 4.98 Å². The molecule has 31 heavy (non-hydrogen) atoms. The number of fused-ring (bicyclic) bond motifs is 1. The molecule has 8 nitrogen and oxygen atoms in total. The van der Waals surface area contributed by atoms with Gasteiger partial charge in [-0.1, -0.05) is 0 Å². The lowest BCUT2D eigenvalue weighted by Gasteiger charge is -2.28. The third-order valence-corrected chi connectivity index (χ3v) is 6.64. The van der Waals surface area contributed by atoms with Crippen LogP contribution in [0, 0.1) is 6.92 Å². The molecule has 1 fully saturated rings. The number of nitrogens with zero attached hydrogens (tertiary/aromatic N) is 6. The molecule has 0 unspecified atom stereocenters. The Morgan fingerprint density at radius 2 is 1.97 bits per heavy atom. The van der Waals surface area contributed by atoms with Gasteiger partial charge in [0.2, 0.25) is 5.88 Å². The van der Waals surface area contributed by atoms with E-state index in [4.69, 9.17) is 19.4 Å². The Labute approximate surface area is 185 Å². The van der Waals surface area contributed by atoms with Crippen LogP contribution in [0.4, 0.5) is 0 Å². The highest BCUT2D eigenvalue weighted by Crippen LogP contribution is 2.31. The number of ether oxygens (including phenoxy) is 2. The average molecular weight is 439 g/mol. The van der Waals surface area contributed by atoms with E-state index in [9.17, 15) is 0 Å². The van der Waals surface area contributed by atoms with Gasteiger partial charge in [0.15, 0.2) is 0 Å². The number of aryl methyl sites for hydroxylation is 2. The summed E-state index contributed by atoms with van der Waals surface area (Å²) in [4.78, 5) is 10.8. The highest BCUT2D eigenvalue weighted by atomic mass is 32.1. The van der Waals surface area contributed by atoms with E-state index in [2.05, 4.69) is 20.1 Å². The van der Waals surface area contributed by atoms with Gasteiger partial charge in [-0.3, -0.25) is 4.68 Å². The van der Waals surface area contributed by atoms with E-state index in [-0.39, 0.29) is 6.10 Å². The normalized spacial score (nSPS) is 19.2. The van der Waals surface area contributed by atoms with E-state index in [1.165, 1.54) is 11.5 Å². The first-order valence-corrected chi connectivity index (χ1v) is 11.3. The lowest BCUT2D eigenvalue weighted by molar-refractivity contribution is 0.0318. The number of hydrogen-bond acceptors (Lipinski definition) is 7. The van der Waals surface area contributed by atoms with Gasteiger partial charge in [-0.15, -0.1) is 0 Å². The minimum absolute atomic E-state index is 0.125. The summed E-state index contributed by atoms with van der Waals surface area (Å²) < 4.78 is 20.2. The summed E-state index contributed by atoms with van der Waals surface area (Å²) in [5.41, 5.74) is 3.73. The summed E-state index contributed by atoms with van der Waals surface area (Å²) in [6.07, 6.45) is 10.8. The lowest BCUT2D eigenvalue weighted by atomic mass is 9.95. The molecular weight excluding hydrogens is 412 g/mol. The molecule has 0 N–H and O–H groups in total. The molecule has 1 aliphatic rings. The van der Waals surface area contributed by atoms with Crippen LogP contribution in [-0.4, -0.2) is 48.0 Å². The molecule has 4 aromatic rings. The van der Waals surface area contributed by atoms with Crippen LogP contribution < -0.4 is 4.74 Å². The molecular formula is C22H26N6O2S. The molecule has 4 heterocycles. The summed E-state index contributed by atoms with van der Waals surface area (Å²) >= 11 is 1.50. The van der Waals surface area contributed by atoms with Crippen molar-refractivity contribution in [2.45, 2.75) is 51.2 Å². The minimum atomic E-state index is 0.125. The fourth-order valence-corrected chi connectivity index (χ4v) is 4.90. The van der Waals surface area contributed by atoms with Gasteiger partial charge in [0.25, 0.3) is 0 Å². The van der Waals surface area contributed by atoms with Crippen molar-refractivity contribution in [2.24, 2.45) is 7.05 Å². The Kier molecular flexibility index (Phi) is 5.45. The predicted molar refractivity (Wildman–Crippen MR) is 119 cm³/mol. The van der Waals surface area contributed by atoms with Crippen molar-refractivity contribution in [1.82, 2.24) is 28.7 Å². The Hall–Kier alpha value is -2.78. The van der Waals surface area contributed by atoms with Crippen LogP contribution in [0.15, 0.2) is 30.7 Å². The maximum atomic E-state index is 6.51. The molecule has 1 aliphatic carbocycles. The number of hydrogen-bond donors (Lipinski definition) is 0. The predicted octanol–water partition coefficient (Wildman–Crippen LogP) is 3.85. The molecule has 0 aliphatic heterocycles. The molecule has 0 saturated heterocycles. The highest BCUT2D eigenvalue weighted by molar-refractivity contribution is 7.05. The summed E-state index contributed by atoms with van der Waals surface area (Å²) in [7, 11) is 3.69. The summed E-state index contributed by atoms with van der Waals surface area (Å²) in [5, 5.41) is 4.31. The summed E-state index contributed by atoms with van der Waals surface area (Å²) in [5.74, 6) is 1.39. The molecule has 4 aromatic heterocycles. The van der Waals surface area contributed by atoms with Gasteiger partial charge in [0, 0.05) is 37.8 Å². The van der Waals surface area contributed by atoms with Crippen molar-refractivity contribution >= 4 is 22.6 Å². The van der Waals surface area contributed by atoms with E-state index in [0.717, 1.165) is 58.8 Å². The van der Waals surface area contributed by atoms with Gasteiger partial charge in [0.1, 0.15) is 17.4 Å². The van der Waals surface area contributed by atoms with Gasteiger partial charge in [-0.05, 0) is 56.3 Å². The van der Waals surface area contributed by atoms with E-state index in [0.29, 0.717) is 18.4 Å². The molecule has 0 aromatic carbocycles. The van der Waals surface area contributed by atoms with Gasteiger partial charge in [-0.2, -0.15) is 14.5 Å². The van der Waals surface area contributed by atoms with Crippen molar-refractivity contribution in [3.8, 4) is 11.6 Å². The molecule has 0 bridgehead atoms. The first-order valence-electron chi connectivity index (χ1n) is 10.6. The van der Waals surface area contributed by atoms with Crippen LogP contribution >= 0.6 is 11.5 Å². The van der Waals surface area contributed by atoms with Crippen LogP contribution in [0.5, 0.6) is 5.88 Å². The zero-order valence-corrected chi connectivity index (χ0v) is 18.8. The van der Waals surface area contributed by atoms with E-state index in [1.807, 2.05) is 38.6 Å². The van der Waals surface area contributed by atoms with E-state index < -0.39 is 0 Å². The smallest absolute Gasteiger partial charge is 0.242 e. The van der Waals surface area contributed by atoms with Crippen LogP contribution in [0.2, 0.25) is 0 Å². The zero-order valence-electron chi connectivity index (χ0n) is 18.0. The Morgan fingerprint density at radius 3 is 2.65 bits per heavy atom. The van der Waals surface area contributed by atoms with Gasteiger partial charge in [0.05, 0.1) is 29.2 Å². The Balaban J connectivity index is 1.52. The van der Waals surface area contributed by atoms with E-state index in [1.54, 1.807) is 11.8 Å². The molecule has 162 valence electrons. The largest absolute Gasteiger partial charge is 0.473 e. The number of rotatable bonds is 6. The maximum absolute atomic E-state index is 6.51. The second-order valence-corrected chi connectivity index (χ2v) is 8.99. The first-order chi connectivity index (χ1) is 15.1. The van der Waals surface area contributed by atoms with Crippen molar-refractivity contribution < 1.29 is 9.47 Å². The summed E-state index contributed by atoms with van der Waals surface area (Å²) in [6.45, 7) is 2.00. The Morgan fingerprint density at radius 1 is 1.16 bits per heavy atom. The third-order valence-electron chi connectivity index (χ3n) is 5.76. The fraction of sp³-hybridized carbons (Fsp3) is 0.455. The first kappa shape index (κ1) is 20.1. The second-order valence-electron chi connectivity index (χ2n) is 8.10. The zero-order chi connectivity index (χ0) is 21.4. The monoisotopic (exact) mass is 438 g/mol. The maximum Gasteiger partial charge on any atom is 0.242 e. The third kappa shape index (κ3) is 4.20. The average Bonchev–Trinajstić information content (AvgIpc) is 3.48. The standard InChI is InChI=1S/C22H26N6O2S/c1-14-10-18(31-26-14)11-20-24-19-8-9-28(15-12-23-27(2)13-15)21(19)22(25-20)30-17-6-4-16(29-3)5-7-17/h8-10,12-13,16-17H,4-7,11H2,1-3H3. The number of methoxy groups -OCH3 is 1. The molecule has 0 amide bonds. The van der Waals surface area contributed by atoms with Crippen molar-refractivity contribution in [3.05, 3.63) is 47.1 Å². The molecule has 0 radical (unpaired) electrons. The van der Waals surface area contributed by atoms with Crippen LogP contribution in [-0.2, 0) is 18.2 Å². The van der Waals surface area contributed by atoms with E-state index >= 15 is 0 Å². The number of aromatic nitrogens is 6. The lowest BCUT2D eigenvalue weighted by Crippen LogP contribution is -2.28. The molecule has 0 spiro atoms. The quantitative estimate of drug-likeness (QED) is 0.455. The minimum Gasteiger partial charge on any atom is -0.473 e. The summed E-state index contributed by atoms with van der Waals surface area (Å²) in [6, 6.07) is 4.10. The van der Waals surface area contributed by atoms with Crippen LogP contribution in [0.3, 0.4) is 0 Å². The molecule has 1 saturated carbocycles. The SMILES string of the molecule is COC1CCC(Oc2nc(Cc3cc(C)ns3)nc3ccn(-c4cnn(C)c4)c23)CC1. The van der Waals surface area contributed by atoms with Crippen molar-refractivity contribution in [2.75, 3.05) is 7.11 Å². The van der Waals surface area contributed by atoms with Crippen LogP contribution in [0.25, 0.3) is 16.7 Å². The van der Waals surface area contributed by atoms with Gasteiger partial charge >= 0.3 is 0 Å².